The van der Waals surface area contributed by atoms with Gasteiger partial charge in [-0.15, -0.1) is 5.10 Å². The molecule has 17 heavy (non-hydrogen) atoms. The lowest BCUT2D eigenvalue weighted by Gasteiger charge is -2.01. The Labute approximate surface area is 101 Å². The van der Waals surface area contributed by atoms with Gasteiger partial charge in [0.05, 0.1) is 30.3 Å². The zero-order chi connectivity index (χ0) is 12.5. The van der Waals surface area contributed by atoms with Crippen LogP contribution >= 0.6 is 0 Å². The first kappa shape index (κ1) is 11.8. The van der Waals surface area contributed by atoms with E-state index in [-0.39, 0.29) is 4.90 Å². The third kappa shape index (κ3) is 2.55. The van der Waals surface area contributed by atoms with Crippen molar-refractivity contribution in [1.29, 1.82) is 0 Å². The average Bonchev–Trinajstić information content (AvgIpc) is 2.76. The molecule has 1 aromatic carbocycles. The van der Waals surface area contributed by atoms with Gasteiger partial charge in [0, 0.05) is 6.26 Å². The Bertz CT molecular complexity index is 619. The second kappa shape index (κ2) is 4.33. The van der Waals surface area contributed by atoms with Gasteiger partial charge in [-0.25, -0.2) is 13.1 Å². The third-order valence-corrected chi connectivity index (χ3v) is 3.41. The van der Waals surface area contributed by atoms with E-state index in [0.717, 1.165) is 5.69 Å². The maximum atomic E-state index is 11.3. The molecule has 0 unspecified atom stereocenters. The van der Waals surface area contributed by atoms with Gasteiger partial charge in [-0.1, -0.05) is 5.21 Å². The highest BCUT2D eigenvalue weighted by molar-refractivity contribution is 7.90. The Kier molecular flexibility index (Phi) is 3.02. The van der Waals surface area contributed by atoms with Crippen LogP contribution in [0, 0.1) is 0 Å². The fraction of sp³-hybridized carbons (Fsp3) is 0.200. The van der Waals surface area contributed by atoms with E-state index in [1.54, 1.807) is 23.0 Å². The fourth-order valence-corrected chi connectivity index (χ4v) is 1.99. The summed E-state index contributed by atoms with van der Waals surface area (Å²) in [6, 6.07) is 6.42. The molecule has 5 nitrogen and oxygen atoms in total. The molecule has 0 fully saturated rings. The second-order valence-electron chi connectivity index (χ2n) is 3.62. The van der Waals surface area contributed by atoms with E-state index in [0.29, 0.717) is 12.0 Å². The van der Waals surface area contributed by atoms with Gasteiger partial charge in [-0.05, 0) is 30.6 Å². The molecule has 0 N–H and O–H groups in total. The minimum Gasteiger partial charge on any atom is -0.224 e. The van der Waals surface area contributed by atoms with Crippen molar-refractivity contribution in [2.24, 2.45) is 0 Å². The summed E-state index contributed by atoms with van der Waals surface area (Å²) in [7, 11) is 2.26. The highest BCUT2D eigenvalue weighted by Gasteiger charge is 2.07. The molecular weight excluding hydrogens is 237 g/mol. The Balaban J connectivity index is 2.35. The predicted octanol–water partition coefficient (Wildman–Crippen LogP) is 0.339. The van der Waals surface area contributed by atoms with E-state index in [4.69, 9.17) is 7.85 Å². The van der Waals surface area contributed by atoms with Crippen molar-refractivity contribution in [3.05, 3.63) is 36.2 Å². The molecule has 7 heteroatoms. The molecule has 2 rings (SSSR count). The van der Waals surface area contributed by atoms with Crippen molar-refractivity contribution >= 4 is 17.7 Å². The Morgan fingerprint density at radius 3 is 2.41 bits per heavy atom. The summed E-state index contributed by atoms with van der Waals surface area (Å²) in [5.74, 6) is 0. The largest absolute Gasteiger partial charge is 0.224 e. The zero-order valence-corrected chi connectivity index (χ0v) is 10.1. The SMILES string of the molecule is [B]Cc1cn(-c2ccc(S(C)(=O)=O)cc2)nn1. The molecule has 1 aromatic heterocycles. The zero-order valence-electron chi connectivity index (χ0n) is 9.24. The summed E-state index contributed by atoms with van der Waals surface area (Å²) in [5, 5.41) is 7.74. The summed E-state index contributed by atoms with van der Waals surface area (Å²) in [6.07, 6.45) is 3.20. The standard InChI is InChI=1S/C10H10BN3O2S/c1-17(15,16)10-4-2-9(3-5-10)14-7-8(6-11)12-13-14/h2-5,7H,6H2,1H3. The summed E-state index contributed by atoms with van der Waals surface area (Å²) in [5.41, 5.74) is 1.42. The molecule has 0 saturated heterocycles. The molecule has 0 aliphatic heterocycles. The predicted molar refractivity (Wildman–Crippen MR) is 63.9 cm³/mol. The van der Waals surface area contributed by atoms with Gasteiger partial charge in [-0.2, -0.15) is 0 Å². The number of nitrogens with zero attached hydrogens (tertiary/aromatic N) is 3. The van der Waals surface area contributed by atoms with Crippen LogP contribution in [0.15, 0.2) is 35.4 Å². The minimum atomic E-state index is -3.17. The molecule has 0 aliphatic carbocycles. The molecular formula is C10H10BN3O2S. The third-order valence-electron chi connectivity index (χ3n) is 2.28. The van der Waals surface area contributed by atoms with Crippen molar-refractivity contribution < 1.29 is 8.42 Å². The van der Waals surface area contributed by atoms with E-state index in [2.05, 4.69) is 10.3 Å². The van der Waals surface area contributed by atoms with Gasteiger partial charge in [0.15, 0.2) is 9.84 Å². The van der Waals surface area contributed by atoms with Crippen LogP contribution in [0.4, 0.5) is 0 Å². The number of sulfone groups is 1. The lowest BCUT2D eigenvalue weighted by molar-refractivity contribution is 0.602. The maximum absolute atomic E-state index is 11.3. The maximum Gasteiger partial charge on any atom is 0.175 e. The van der Waals surface area contributed by atoms with Crippen LogP contribution in [-0.2, 0) is 16.2 Å². The van der Waals surface area contributed by atoms with Crippen LogP contribution in [0.25, 0.3) is 5.69 Å². The number of benzene rings is 1. The fourth-order valence-electron chi connectivity index (χ4n) is 1.36. The van der Waals surface area contributed by atoms with Gasteiger partial charge in [-0.3, -0.25) is 0 Å². The monoisotopic (exact) mass is 247 g/mol. The molecule has 86 valence electrons. The van der Waals surface area contributed by atoms with Gasteiger partial charge in [0.25, 0.3) is 0 Å². The van der Waals surface area contributed by atoms with Crippen molar-refractivity contribution in [1.82, 2.24) is 15.0 Å². The second-order valence-corrected chi connectivity index (χ2v) is 5.64. The molecule has 0 bridgehead atoms. The first-order chi connectivity index (χ1) is 8.00. The van der Waals surface area contributed by atoms with E-state index < -0.39 is 9.84 Å². The van der Waals surface area contributed by atoms with Gasteiger partial charge in [0.1, 0.15) is 0 Å². The summed E-state index contributed by atoms with van der Waals surface area (Å²) < 4.78 is 24.1. The van der Waals surface area contributed by atoms with E-state index in [9.17, 15) is 8.42 Å². The topological polar surface area (TPSA) is 64.8 Å². The first-order valence-electron chi connectivity index (χ1n) is 4.92. The molecule has 0 amide bonds. The molecule has 0 spiro atoms. The summed E-state index contributed by atoms with van der Waals surface area (Å²) >= 11 is 0. The van der Waals surface area contributed by atoms with E-state index >= 15 is 0 Å². The van der Waals surface area contributed by atoms with Crippen LogP contribution in [0.1, 0.15) is 5.69 Å². The van der Waals surface area contributed by atoms with Crippen LogP contribution < -0.4 is 0 Å². The molecule has 0 saturated carbocycles. The number of rotatable bonds is 3. The van der Waals surface area contributed by atoms with Crippen LogP contribution in [-0.4, -0.2) is 37.5 Å². The summed E-state index contributed by atoms with van der Waals surface area (Å²) in [6.45, 7) is 0. The van der Waals surface area contributed by atoms with Gasteiger partial charge < -0.3 is 0 Å². The van der Waals surface area contributed by atoms with Crippen molar-refractivity contribution in [2.45, 2.75) is 11.2 Å². The quantitative estimate of drug-likeness (QED) is 0.733. The number of hydrogen-bond donors (Lipinski definition) is 0. The summed E-state index contributed by atoms with van der Waals surface area (Å²) in [4.78, 5) is 0.278. The van der Waals surface area contributed by atoms with Crippen molar-refractivity contribution in [2.75, 3.05) is 6.26 Å². The van der Waals surface area contributed by atoms with Crippen molar-refractivity contribution in [3.8, 4) is 5.69 Å². The average molecular weight is 247 g/mol. The number of aromatic nitrogens is 3. The Hall–Kier alpha value is -1.63. The number of hydrogen-bond acceptors (Lipinski definition) is 4. The first-order valence-corrected chi connectivity index (χ1v) is 6.81. The Morgan fingerprint density at radius 2 is 1.94 bits per heavy atom. The highest BCUT2D eigenvalue weighted by Crippen LogP contribution is 2.13. The normalized spacial score (nSPS) is 11.6. The minimum absolute atomic E-state index is 0.278. The smallest absolute Gasteiger partial charge is 0.175 e. The molecule has 0 atom stereocenters. The Morgan fingerprint density at radius 1 is 1.29 bits per heavy atom. The lowest BCUT2D eigenvalue weighted by atomic mass is 10.0. The van der Waals surface area contributed by atoms with Crippen molar-refractivity contribution in [3.63, 3.8) is 0 Å². The van der Waals surface area contributed by atoms with Gasteiger partial charge in [0.2, 0.25) is 0 Å². The molecule has 2 aromatic rings. The van der Waals surface area contributed by atoms with Crippen LogP contribution in [0.3, 0.4) is 0 Å². The molecule has 1 heterocycles. The van der Waals surface area contributed by atoms with Crippen LogP contribution in [0.2, 0.25) is 0 Å². The lowest BCUT2D eigenvalue weighted by Crippen LogP contribution is -1.99. The highest BCUT2D eigenvalue weighted by atomic mass is 32.2. The van der Waals surface area contributed by atoms with Gasteiger partial charge >= 0.3 is 0 Å². The molecule has 2 radical (unpaired) electrons. The van der Waals surface area contributed by atoms with E-state index in [1.165, 1.54) is 18.4 Å². The van der Waals surface area contributed by atoms with Crippen LogP contribution in [0.5, 0.6) is 0 Å². The van der Waals surface area contributed by atoms with E-state index in [1.807, 2.05) is 0 Å². The molecule has 0 aliphatic rings.